The normalized spacial score (nSPS) is 30.5. The van der Waals surface area contributed by atoms with Gasteiger partial charge in [0.15, 0.2) is 5.60 Å². The van der Waals surface area contributed by atoms with Crippen molar-refractivity contribution in [2.75, 3.05) is 6.61 Å². The minimum Gasteiger partial charge on any atom is -0.459 e. The van der Waals surface area contributed by atoms with Gasteiger partial charge in [0.1, 0.15) is 42.2 Å². The van der Waals surface area contributed by atoms with E-state index in [9.17, 15) is 43.8 Å². The fraction of sp³-hybridized carbons (Fsp3) is 0.500. The maximum atomic E-state index is 15.0. The largest absolute Gasteiger partial charge is 0.509 e. The van der Waals surface area contributed by atoms with Gasteiger partial charge in [-0.2, -0.15) is 0 Å². The predicted molar refractivity (Wildman–Crippen MR) is 234 cm³/mol. The first-order chi connectivity index (χ1) is 31.5. The zero-order valence-electron chi connectivity index (χ0n) is 38.4. The van der Waals surface area contributed by atoms with Crippen LogP contribution in [-0.4, -0.2) is 106 Å². The molecule has 17 nitrogen and oxygen atoms in total. The molecular formula is C50H57NO16. The summed E-state index contributed by atoms with van der Waals surface area (Å²) in [7, 11) is 0. The van der Waals surface area contributed by atoms with E-state index < -0.39 is 124 Å². The third kappa shape index (κ3) is 9.28. The number of benzene rings is 3. The molecule has 17 heteroatoms. The van der Waals surface area contributed by atoms with Crippen LogP contribution in [0.15, 0.2) is 91.0 Å². The maximum Gasteiger partial charge on any atom is 0.509 e. The number of rotatable bonds is 11. The van der Waals surface area contributed by atoms with E-state index in [0.717, 1.165) is 6.92 Å². The van der Waals surface area contributed by atoms with Crippen LogP contribution in [0.1, 0.15) is 95.3 Å². The van der Waals surface area contributed by atoms with Crippen LogP contribution < -0.4 is 5.32 Å². The van der Waals surface area contributed by atoms with Crippen molar-refractivity contribution < 1.29 is 76.9 Å². The summed E-state index contributed by atoms with van der Waals surface area (Å²) >= 11 is 0. The number of alkyl carbamates (subject to hydrolysis) is 1. The number of Topliss-reactive ketones (excluding diaryl/α,β-unsaturated/α-hetero) is 2. The second-order valence-corrected chi connectivity index (χ2v) is 19.5. The first kappa shape index (κ1) is 48.8. The zero-order valence-corrected chi connectivity index (χ0v) is 38.4. The van der Waals surface area contributed by atoms with Crippen LogP contribution in [0.25, 0.3) is 0 Å². The fourth-order valence-electron chi connectivity index (χ4n) is 10.3. The summed E-state index contributed by atoms with van der Waals surface area (Å²) in [5.74, 6) is -8.17. The summed E-state index contributed by atoms with van der Waals surface area (Å²) in [5, 5.41) is 28.1. The lowest BCUT2D eigenvalue weighted by Crippen LogP contribution is -2.82. The number of amides is 1. The number of hydrogen-bond acceptors (Lipinski definition) is 16. The molecule has 0 radical (unpaired) electrons. The zero-order chi connectivity index (χ0) is 48.7. The van der Waals surface area contributed by atoms with Crippen LogP contribution in [0.5, 0.6) is 0 Å². The number of aliphatic hydroxyl groups excluding tert-OH is 1. The molecule has 3 aromatic carbocycles. The van der Waals surface area contributed by atoms with Gasteiger partial charge in [-0.05, 0) is 57.4 Å². The molecule has 3 aromatic rings. The molecule has 3 aliphatic carbocycles. The van der Waals surface area contributed by atoms with Crippen LogP contribution in [0.4, 0.5) is 9.59 Å². The smallest absolute Gasteiger partial charge is 0.459 e. The molecule has 11 atom stereocenters. The quantitative estimate of drug-likeness (QED) is 0.122. The number of esters is 3. The molecule has 4 fully saturated rings. The van der Waals surface area contributed by atoms with Gasteiger partial charge in [-0.3, -0.25) is 14.4 Å². The van der Waals surface area contributed by atoms with Gasteiger partial charge in [-0.15, -0.1) is 0 Å². The Kier molecular flexibility index (Phi) is 13.5. The molecule has 67 heavy (non-hydrogen) atoms. The highest BCUT2D eigenvalue weighted by molar-refractivity contribution is 6.40. The van der Waals surface area contributed by atoms with E-state index in [-0.39, 0.29) is 37.2 Å². The molecule has 358 valence electrons. The molecule has 1 heterocycles. The Morgan fingerprint density at radius 3 is 2.06 bits per heavy atom. The summed E-state index contributed by atoms with van der Waals surface area (Å²) in [5.41, 5.74) is -8.07. The van der Waals surface area contributed by atoms with Crippen LogP contribution >= 0.6 is 0 Å². The van der Waals surface area contributed by atoms with Crippen molar-refractivity contribution in [2.24, 2.45) is 22.7 Å². The molecule has 1 saturated heterocycles. The van der Waals surface area contributed by atoms with E-state index in [1.54, 1.807) is 99.6 Å². The molecule has 0 aromatic heterocycles. The average molecular weight is 928 g/mol. The van der Waals surface area contributed by atoms with Crippen LogP contribution in [0, 0.1) is 22.7 Å². The highest BCUT2D eigenvalue weighted by Crippen LogP contribution is 2.63. The Balaban J connectivity index is 1.32. The first-order valence-electron chi connectivity index (χ1n) is 22.2. The van der Waals surface area contributed by atoms with Crippen LogP contribution in [-0.2, 0) is 58.9 Å². The van der Waals surface area contributed by atoms with Crippen molar-refractivity contribution in [3.05, 3.63) is 108 Å². The Hall–Kier alpha value is -6.17. The van der Waals surface area contributed by atoms with Crippen LogP contribution in [0.2, 0.25) is 0 Å². The Morgan fingerprint density at radius 1 is 0.866 bits per heavy atom. The maximum absolute atomic E-state index is 15.0. The predicted octanol–water partition coefficient (Wildman–Crippen LogP) is 5.52. The molecule has 7 rings (SSSR count). The van der Waals surface area contributed by atoms with Crippen molar-refractivity contribution >= 4 is 41.7 Å². The highest BCUT2D eigenvalue weighted by Gasteiger charge is 2.78. The van der Waals surface area contributed by atoms with Crippen molar-refractivity contribution in [2.45, 2.75) is 128 Å². The minimum atomic E-state index is -2.42. The molecular weight excluding hydrogens is 871 g/mol. The summed E-state index contributed by atoms with van der Waals surface area (Å²) in [4.78, 5) is 98.9. The molecule has 0 spiro atoms. The SMILES string of the molecule is CC(=O)O[C@@]12CO[C@@H]1C[C@H](O)[C@@]1(C)C(=O)C(=O)C3C[C@@H](OC(=O)[C@H](OC(=O)OCc4ccccc4)[C@@H](NC(=O)OC(C)(C)C)c4ccccc4)C[C@@](O)([C@@H](OC(=O)c4ccccc4)C12)C3(C)C. The first-order valence-corrected chi connectivity index (χ1v) is 22.2. The standard InChI is InChI=1S/C50H57NO16/c1-28(52)66-49-27-62-35(49)24-34(53)48(7)39(49)41(65-42(56)31-21-15-10-16-22-31)50(60)25-32(23-33(47(50,5)6)37(54)40(48)55)63-43(57)38(64-45(59)61-26-29-17-11-8-12-18-29)36(30-19-13-9-14-20-30)51-44(58)67-46(2,3)4/h8-22,32-36,38-39,41,53,60H,23-27H2,1-7H3,(H,51,58)/t32-,33?,34+,35-,36+,38-,39?,41+,48-,49+,50-/m1/s1. The number of nitrogens with one attached hydrogen (secondary N) is 1. The van der Waals surface area contributed by atoms with Gasteiger partial charge >= 0.3 is 30.2 Å². The number of ether oxygens (including phenoxy) is 7. The molecule has 4 aliphatic rings. The third-order valence-corrected chi connectivity index (χ3v) is 13.8. The monoisotopic (exact) mass is 927 g/mol. The second kappa shape index (κ2) is 18.5. The molecule has 1 amide bonds. The van der Waals surface area contributed by atoms with Gasteiger partial charge in [-0.1, -0.05) is 92.7 Å². The van der Waals surface area contributed by atoms with Crippen molar-refractivity contribution in [3.63, 3.8) is 0 Å². The van der Waals surface area contributed by atoms with Crippen molar-refractivity contribution in [1.82, 2.24) is 5.32 Å². The molecule has 2 bridgehead atoms. The van der Waals surface area contributed by atoms with E-state index in [4.69, 9.17) is 33.2 Å². The second-order valence-electron chi connectivity index (χ2n) is 19.5. The number of ketones is 2. The number of fused-ring (bicyclic) bond motifs is 5. The highest BCUT2D eigenvalue weighted by atomic mass is 16.7. The Morgan fingerprint density at radius 2 is 1.48 bits per heavy atom. The summed E-state index contributed by atoms with van der Waals surface area (Å²) < 4.78 is 41.0. The molecule has 3 N–H and O–H groups in total. The third-order valence-electron chi connectivity index (χ3n) is 13.8. The Labute approximate surface area is 387 Å². The minimum absolute atomic E-state index is 0.0493. The lowest BCUT2D eigenvalue weighted by molar-refractivity contribution is -0.348. The van der Waals surface area contributed by atoms with Gasteiger partial charge in [0.25, 0.3) is 0 Å². The number of hydrogen-bond donors (Lipinski definition) is 3. The van der Waals surface area contributed by atoms with E-state index in [0.29, 0.717) is 5.56 Å². The van der Waals surface area contributed by atoms with E-state index in [1.807, 2.05) is 0 Å². The topological polar surface area (TPSA) is 237 Å². The van der Waals surface area contributed by atoms with Gasteiger partial charge in [0.2, 0.25) is 17.7 Å². The van der Waals surface area contributed by atoms with Gasteiger partial charge in [0, 0.05) is 31.1 Å². The van der Waals surface area contributed by atoms with E-state index in [1.165, 1.54) is 32.9 Å². The van der Waals surface area contributed by atoms with Gasteiger partial charge in [0.05, 0.1) is 29.6 Å². The van der Waals surface area contributed by atoms with E-state index >= 15 is 0 Å². The summed E-state index contributed by atoms with van der Waals surface area (Å²) in [6.45, 7) is 9.80. The lowest BCUT2D eigenvalue weighted by Gasteiger charge is -2.67. The number of aliphatic hydroxyl groups is 2. The van der Waals surface area contributed by atoms with Gasteiger partial charge < -0.3 is 48.7 Å². The molecule has 1 aliphatic heterocycles. The average Bonchev–Trinajstić information content (AvgIpc) is 3.27. The Bertz CT molecular complexity index is 2370. The molecule has 2 unspecified atom stereocenters. The van der Waals surface area contributed by atoms with Gasteiger partial charge in [-0.25, -0.2) is 19.2 Å². The van der Waals surface area contributed by atoms with E-state index in [2.05, 4.69) is 5.32 Å². The summed E-state index contributed by atoms with van der Waals surface area (Å²) in [6.07, 6.45) is -11.5. The van der Waals surface area contributed by atoms with Crippen molar-refractivity contribution in [1.29, 1.82) is 0 Å². The lowest BCUT2D eigenvalue weighted by atomic mass is 9.43. The number of carbonyl (C=O) groups excluding carboxylic acids is 7. The van der Waals surface area contributed by atoms with Crippen molar-refractivity contribution in [3.8, 4) is 0 Å². The molecule has 3 saturated carbocycles. The summed E-state index contributed by atoms with van der Waals surface area (Å²) in [6, 6.07) is 23.0. The van der Waals surface area contributed by atoms with Crippen LogP contribution in [0.3, 0.4) is 0 Å². The fourth-order valence-corrected chi connectivity index (χ4v) is 10.3. The number of carbonyl (C=O) groups is 7.